The minimum absolute atomic E-state index is 0.661. The van der Waals surface area contributed by atoms with Crippen molar-refractivity contribution in [1.29, 1.82) is 0 Å². The molecule has 2 aliphatic rings. The fourth-order valence-electron chi connectivity index (χ4n) is 4.91. The molecule has 0 heterocycles. The molecule has 21 heavy (non-hydrogen) atoms. The van der Waals surface area contributed by atoms with Crippen LogP contribution < -0.4 is 5.32 Å². The third-order valence-electron chi connectivity index (χ3n) is 6.32. The maximum absolute atomic E-state index is 3.83. The second-order valence-electron chi connectivity index (χ2n) is 8.45. The average Bonchev–Trinajstić information content (AvgIpc) is 3.01. The van der Waals surface area contributed by atoms with Crippen LogP contribution in [-0.4, -0.2) is 13.1 Å². The van der Waals surface area contributed by atoms with E-state index in [0.29, 0.717) is 5.41 Å². The molecule has 1 nitrogen and oxygen atoms in total. The van der Waals surface area contributed by atoms with Crippen LogP contribution >= 0.6 is 0 Å². The zero-order valence-corrected chi connectivity index (χ0v) is 14.9. The molecule has 2 aliphatic carbocycles. The van der Waals surface area contributed by atoms with E-state index in [1.54, 1.807) is 0 Å². The Labute approximate surface area is 133 Å². The summed E-state index contributed by atoms with van der Waals surface area (Å²) >= 11 is 0. The van der Waals surface area contributed by atoms with Crippen LogP contribution in [0.25, 0.3) is 0 Å². The summed E-state index contributed by atoms with van der Waals surface area (Å²) in [4.78, 5) is 0. The van der Waals surface area contributed by atoms with Crippen molar-refractivity contribution >= 4 is 0 Å². The second kappa shape index (κ2) is 8.56. The predicted molar refractivity (Wildman–Crippen MR) is 93.6 cm³/mol. The van der Waals surface area contributed by atoms with Gasteiger partial charge >= 0.3 is 0 Å². The zero-order valence-electron chi connectivity index (χ0n) is 14.9. The quantitative estimate of drug-likeness (QED) is 0.597. The molecule has 0 aromatic heterocycles. The van der Waals surface area contributed by atoms with Crippen molar-refractivity contribution in [3.8, 4) is 0 Å². The Kier molecular flexibility index (Phi) is 7.05. The van der Waals surface area contributed by atoms with Crippen molar-refractivity contribution in [2.24, 2.45) is 23.2 Å². The standard InChI is InChI=1S/C20H39N/c1-4-5-8-18-11-13-20(14-12-18,16-21-15-17(2)3)19-9-6-7-10-19/h17-19,21H,4-16H2,1-3H3. The Bertz CT molecular complexity index is 270. The van der Waals surface area contributed by atoms with Gasteiger partial charge in [0.05, 0.1) is 0 Å². The molecule has 1 heteroatoms. The van der Waals surface area contributed by atoms with Crippen LogP contribution in [0.2, 0.25) is 0 Å². The molecule has 0 aliphatic heterocycles. The molecule has 0 bridgehead atoms. The Morgan fingerprint density at radius 1 is 1.05 bits per heavy atom. The minimum Gasteiger partial charge on any atom is -0.316 e. The van der Waals surface area contributed by atoms with Crippen LogP contribution in [0.1, 0.15) is 91.4 Å². The number of nitrogens with one attached hydrogen (secondary N) is 1. The summed E-state index contributed by atoms with van der Waals surface area (Å²) in [6.07, 6.45) is 16.4. The fraction of sp³-hybridized carbons (Fsp3) is 1.00. The van der Waals surface area contributed by atoms with Gasteiger partial charge in [0.1, 0.15) is 0 Å². The Morgan fingerprint density at radius 3 is 2.29 bits per heavy atom. The summed E-state index contributed by atoms with van der Waals surface area (Å²) in [7, 11) is 0. The second-order valence-corrected chi connectivity index (χ2v) is 8.45. The van der Waals surface area contributed by atoms with Crippen LogP contribution in [0, 0.1) is 23.2 Å². The van der Waals surface area contributed by atoms with Gasteiger partial charge < -0.3 is 5.32 Å². The highest BCUT2D eigenvalue weighted by Crippen LogP contribution is 2.50. The van der Waals surface area contributed by atoms with Crippen LogP contribution in [0.4, 0.5) is 0 Å². The largest absolute Gasteiger partial charge is 0.316 e. The van der Waals surface area contributed by atoms with Gasteiger partial charge in [0.2, 0.25) is 0 Å². The highest BCUT2D eigenvalue weighted by Gasteiger charge is 2.42. The van der Waals surface area contributed by atoms with E-state index >= 15 is 0 Å². The highest BCUT2D eigenvalue weighted by atomic mass is 14.9. The number of hydrogen-bond donors (Lipinski definition) is 1. The van der Waals surface area contributed by atoms with Crippen LogP contribution in [0.5, 0.6) is 0 Å². The molecular formula is C20H39N. The Balaban J connectivity index is 1.88. The lowest BCUT2D eigenvalue weighted by Gasteiger charge is -2.45. The van der Waals surface area contributed by atoms with Crippen molar-refractivity contribution in [3.63, 3.8) is 0 Å². The summed E-state index contributed by atoms with van der Waals surface area (Å²) in [5.74, 6) is 2.86. The van der Waals surface area contributed by atoms with Gasteiger partial charge in [0, 0.05) is 6.54 Å². The van der Waals surface area contributed by atoms with Crippen LogP contribution in [0.3, 0.4) is 0 Å². The van der Waals surface area contributed by atoms with Gasteiger partial charge in [0.25, 0.3) is 0 Å². The van der Waals surface area contributed by atoms with Crippen molar-refractivity contribution in [3.05, 3.63) is 0 Å². The first-order valence-corrected chi connectivity index (χ1v) is 9.87. The van der Waals surface area contributed by atoms with E-state index in [0.717, 1.165) is 17.8 Å². The molecule has 124 valence electrons. The number of unbranched alkanes of at least 4 members (excludes halogenated alkanes) is 1. The van der Waals surface area contributed by atoms with Crippen LogP contribution in [0.15, 0.2) is 0 Å². The Morgan fingerprint density at radius 2 is 1.71 bits per heavy atom. The molecular weight excluding hydrogens is 254 g/mol. The molecule has 0 saturated heterocycles. The Hall–Kier alpha value is -0.0400. The number of hydrogen-bond acceptors (Lipinski definition) is 1. The third kappa shape index (κ3) is 4.98. The number of rotatable bonds is 8. The van der Waals surface area contributed by atoms with Gasteiger partial charge in [-0.25, -0.2) is 0 Å². The molecule has 0 spiro atoms. The van der Waals surface area contributed by atoms with Gasteiger partial charge in [-0.1, -0.05) is 52.9 Å². The average molecular weight is 294 g/mol. The minimum atomic E-state index is 0.661. The molecule has 0 atom stereocenters. The third-order valence-corrected chi connectivity index (χ3v) is 6.32. The van der Waals surface area contributed by atoms with E-state index in [4.69, 9.17) is 0 Å². The monoisotopic (exact) mass is 293 g/mol. The van der Waals surface area contributed by atoms with Gasteiger partial charge in [0.15, 0.2) is 0 Å². The van der Waals surface area contributed by atoms with E-state index < -0.39 is 0 Å². The smallest absolute Gasteiger partial charge is 0.00106 e. The van der Waals surface area contributed by atoms with E-state index in [2.05, 4.69) is 26.1 Å². The summed E-state index contributed by atoms with van der Waals surface area (Å²) in [6, 6.07) is 0. The zero-order chi connectivity index (χ0) is 15.1. The predicted octanol–water partition coefficient (Wildman–Crippen LogP) is 5.79. The molecule has 0 amide bonds. The van der Waals surface area contributed by atoms with E-state index in [1.807, 2.05) is 0 Å². The first kappa shape index (κ1) is 17.3. The lowest BCUT2D eigenvalue weighted by atomic mass is 9.62. The first-order chi connectivity index (χ1) is 10.2. The molecule has 2 saturated carbocycles. The molecule has 0 aromatic carbocycles. The lowest BCUT2D eigenvalue weighted by molar-refractivity contribution is 0.0701. The van der Waals surface area contributed by atoms with E-state index in [9.17, 15) is 0 Å². The maximum atomic E-state index is 3.83. The maximum Gasteiger partial charge on any atom is 0.00106 e. The van der Waals surface area contributed by atoms with Crippen molar-refractivity contribution in [2.45, 2.75) is 91.4 Å². The molecule has 2 fully saturated rings. The highest BCUT2D eigenvalue weighted by molar-refractivity contribution is 4.94. The summed E-state index contributed by atoms with van der Waals surface area (Å²) < 4.78 is 0. The van der Waals surface area contributed by atoms with Gasteiger partial charge in [-0.2, -0.15) is 0 Å². The van der Waals surface area contributed by atoms with Crippen molar-refractivity contribution < 1.29 is 0 Å². The fourth-order valence-corrected chi connectivity index (χ4v) is 4.91. The van der Waals surface area contributed by atoms with Crippen LogP contribution in [-0.2, 0) is 0 Å². The summed E-state index contributed by atoms with van der Waals surface area (Å²) in [6.45, 7) is 9.50. The summed E-state index contributed by atoms with van der Waals surface area (Å²) in [5.41, 5.74) is 0.661. The van der Waals surface area contributed by atoms with Gasteiger partial charge in [-0.3, -0.25) is 0 Å². The van der Waals surface area contributed by atoms with Crippen molar-refractivity contribution in [1.82, 2.24) is 5.32 Å². The molecule has 1 N–H and O–H groups in total. The first-order valence-electron chi connectivity index (χ1n) is 9.87. The molecule has 0 unspecified atom stereocenters. The van der Waals surface area contributed by atoms with E-state index in [1.165, 1.54) is 83.7 Å². The van der Waals surface area contributed by atoms with Gasteiger partial charge in [-0.15, -0.1) is 0 Å². The molecule has 2 rings (SSSR count). The van der Waals surface area contributed by atoms with E-state index in [-0.39, 0.29) is 0 Å². The lowest BCUT2D eigenvalue weighted by Crippen LogP contribution is -2.43. The normalized spacial score (nSPS) is 31.1. The summed E-state index contributed by atoms with van der Waals surface area (Å²) in [5, 5.41) is 3.83. The molecule has 0 radical (unpaired) electrons. The topological polar surface area (TPSA) is 12.0 Å². The van der Waals surface area contributed by atoms with Gasteiger partial charge in [-0.05, 0) is 68.2 Å². The SMILES string of the molecule is CCCCC1CCC(CNCC(C)C)(C2CCCC2)CC1. The van der Waals surface area contributed by atoms with Crippen molar-refractivity contribution in [2.75, 3.05) is 13.1 Å². The molecule has 0 aromatic rings.